The molecule has 0 aliphatic carbocycles. The number of benzene rings is 2. The Bertz CT molecular complexity index is 471. The molecule has 0 aliphatic heterocycles. The standard InChI is InChI=1S/C16H17N/c1-2-9-16(14-10-5-3-6-11-14)17-15-12-7-4-8-13-15/h3-13,17H,2H2,1H3/b16-9-. The number of hydrogen-bond acceptors (Lipinski definition) is 1. The SMILES string of the molecule is CC/C=C(\Nc1ccccc1)c1ccccc1. The third kappa shape index (κ3) is 3.22. The quantitative estimate of drug-likeness (QED) is 0.801. The van der Waals surface area contributed by atoms with Gasteiger partial charge in [-0.2, -0.15) is 0 Å². The van der Waals surface area contributed by atoms with E-state index < -0.39 is 0 Å². The van der Waals surface area contributed by atoms with Crippen molar-refractivity contribution >= 4 is 11.4 Å². The topological polar surface area (TPSA) is 12.0 Å². The highest BCUT2D eigenvalue weighted by molar-refractivity contribution is 5.76. The van der Waals surface area contributed by atoms with Crippen molar-refractivity contribution in [1.82, 2.24) is 0 Å². The fourth-order valence-corrected chi connectivity index (χ4v) is 1.74. The van der Waals surface area contributed by atoms with Gasteiger partial charge in [0.25, 0.3) is 0 Å². The molecule has 2 aromatic rings. The van der Waals surface area contributed by atoms with Gasteiger partial charge in [0.15, 0.2) is 0 Å². The number of anilines is 1. The van der Waals surface area contributed by atoms with Gasteiger partial charge in [0.2, 0.25) is 0 Å². The normalized spacial score (nSPS) is 11.2. The summed E-state index contributed by atoms with van der Waals surface area (Å²) in [5.74, 6) is 0. The molecule has 0 aliphatic rings. The predicted molar refractivity (Wildman–Crippen MR) is 74.8 cm³/mol. The van der Waals surface area contributed by atoms with Crippen LogP contribution >= 0.6 is 0 Å². The predicted octanol–water partition coefficient (Wildman–Crippen LogP) is 4.55. The van der Waals surface area contributed by atoms with Crippen LogP contribution in [0.2, 0.25) is 0 Å². The smallest absolute Gasteiger partial charge is 0.0417 e. The van der Waals surface area contributed by atoms with Gasteiger partial charge in [-0.25, -0.2) is 0 Å². The van der Waals surface area contributed by atoms with Crippen LogP contribution in [0.5, 0.6) is 0 Å². The zero-order valence-corrected chi connectivity index (χ0v) is 10.1. The summed E-state index contributed by atoms with van der Waals surface area (Å²) >= 11 is 0. The third-order valence-corrected chi connectivity index (χ3v) is 2.55. The van der Waals surface area contributed by atoms with E-state index in [4.69, 9.17) is 0 Å². The summed E-state index contributed by atoms with van der Waals surface area (Å²) in [6.45, 7) is 2.15. The Kier molecular flexibility index (Phi) is 3.98. The first kappa shape index (κ1) is 11.5. The van der Waals surface area contributed by atoms with Crippen molar-refractivity contribution in [1.29, 1.82) is 0 Å². The Morgan fingerprint density at radius 1 is 0.941 bits per heavy atom. The lowest BCUT2D eigenvalue weighted by molar-refractivity contribution is 1.22. The molecule has 0 saturated carbocycles. The van der Waals surface area contributed by atoms with E-state index in [9.17, 15) is 0 Å². The second kappa shape index (κ2) is 5.90. The maximum absolute atomic E-state index is 3.46. The molecule has 0 spiro atoms. The molecule has 0 bridgehead atoms. The third-order valence-electron chi connectivity index (χ3n) is 2.55. The summed E-state index contributed by atoms with van der Waals surface area (Å²) < 4.78 is 0. The number of para-hydroxylation sites is 1. The molecule has 0 aromatic heterocycles. The van der Waals surface area contributed by atoms with Crippen molar-refractivity contribution in [3.8, 4) is 0 Å². The zero-order valence-electron chi connectivity index (χ0n) is 10.1. The lowest BCUT2D eigenvalue weighted by atomic mass is 10.1. The molecule has 0 amide bonds. The van der Waals surface area contributed by atoms with E-state index in [1.807, 2.05) is 24.3 Å². The van der Waals surface area contributed by atoms with Crippen molar-refractivity contribution in [3.63, 3.8) is 0 Å². The number of nitrogens with one attached hydrogen (secondary N) is 1. The molecule has 0 atom stereocenters. The monoisotopic (exact) mass is 223 g/mol. The van der Waals surface area contributed by atoms with E-state index >= 15 is 0 Å². The average molecular weight is 223 g/mol. The lowest BCUT2D eigenvalue weighted by Crippen LogP contribution is -1.98. The van der Waals surface area contributed by atoms with Crippen molar-refractivity contribution in [2.75, 3.05) is 5.32 Å². The van der Waals surface area contributed by atoms with Crippen molar-refractivity contribution < 1.29 is 0 Å². The minimum atomic E-state index is 1.02. The second-order valence-electron chi connectivity index (χ2n) is 3.88. The molecule has 1 nitrogen and oxygen atoms in total. The van der Waals surface area contributed by atoms with Gasteiger partial charge in [-0.05, 0) is 24.1 Å². The first-order valence-electron chi connectivity index (χ1n) is 5.98. The molecule has 0 heterocycles. The Hall–Kier alpha value is -2.02. The summed E-state index contributed by atoms with van der Waals surface area (Å²) in [5, 5.41) is 3.46. The molecule has 86 valence electrons. The van der Waals surface area contributed by atoms with Crippen LogP contribution in [0.25, 0.3) is 5.70 Å². The average Bonchev–Trinajstić information content (AvgIpc) is 2.40. The van der Waals surface area contributed by atoms with Gasteiger partial charge in [0, 0.05) is 11.4 Å². The largest absolute Gasteiger partial charge is 0.355 e. The Morgan fingerprint density at radius 2 is 1.53 bits per heavy atom. The lowest BCUT2D eigenvalue weighted by Gasteiger charge is -2.11. The molecule has 1 N–H and O–H groups in total. The summed E-state index contributed by atoms with van der Waals surface area (Å²) in [6, 6.07) is 20.7. The van der Waals surface area contributed by atoms with Gasteiger partial charge in [-0.15, -0.1) is 0 Å². The summed E-state index contributed by atoms with van der Waals surface area (Å²) in [6.07, 6.45) is 3.23. The number of allylic oxidation sites excluding steroid dienone is 1. The highest BCUT2D eigenvalue weighted by Gasteiger charge is 2.00. The number of hydrogen-bond donors (Lipinski definition) is 1. The van der Waals surface area contributed by atoms with Gasteiger partial charge < -0.3 is 5.32 Å². The van der Waals surface area contributed by atoms with Crippen LogP contribution in [0.4, 0.5) is 5.69 Å². The van der Waals surface area contributed by atoms with E-state index in [0.29, 0.717) is 0 Å². The molecule has 0 fully saturated rings. The molecule has 1 heteroatoms. The maximum atomic E-state index is 3.46. The van der Waals surface area contributed by atoms with Gasteiger partial charge in [-0.1, -0.05) is 61.5 Å². The second-order valence-corrected chi connectivity index (χ2v) is 3.88. The minimum Gasteiger partial charge on any atom is -0.355 e. The number of rotatable bonds is 4. The Labute approximate surface area is 103 Å². The van der Waals surface area contributed by atoms with Gasteiger partial charge >= 0.3 is 0 Å². The molecular weight excluding hydrogens is 206 g/mol. The Balaban J connectivity index is 2.23. The van der Waals surface area contributed by atoms with E-state index in [1.165, 1.54) is 11.3 Å². The highest BCUT2D eigenvalue weighted by Crippen LogP contribution is 2.18. The first-order chi connectivity index (χ1) is 8.40. The molecule has 17 heavy (non-hydrogen) atoms. The summed E-state index contributed by atoms with van der Waals surface area (Å²) in [7, 11) is 0. The van der Waals surface area contributed by atoms with E-state index in [0.717, 1.165) is 12.1 Å². The fourth-order valence-electron chi connectivity index (χ4n) is 1.74. The van der Waals surface area contributed by atoms with Gasteiger partial charge in [0.05, 0.1) is 0 Å². The molecule has 0 radical (unpaired) electrons. The molecule has 2 aromatic carbocycles. The van der Waals surface area contributed by atoms with Crippen LogP contribution in [0.15, 0.2) is 66.7 Å². The van der Waals surface area contributed by atoms with Crippen LogP contribution < -0.4 is 5.32 Å². The Morgan fingerprint density at radius 3 is 2.12 bits per heavy atom. The molecular formula is C16H17N. The fraction of sp³-hybridized carbons (Fsp3) is 0.125. The van der Waals surface area contributed by atoms with Crippen LogP contribution in [0.3, 0.4) is 0 Å². The summed E-state index contributed by atoms with van der Waals surface area (Å²) in [4.78, 5) is 0. The minimum absolute atomic E-state index is 1.02. The van der Waals surface area contributed by atoms with Crippen molar-refractivity contribution in [2.24, 2.45) is 0 Å². The maximum Gasteiger partial charge on any atom is 0.0417 e. The van der Waals surface area contributed by atoms with Crippen LogP contribution in [-0.4, -0.2) is 0 Å². The van der Waals surface area contributed by atoms with Gasteiger partial charge in [-0.3, -0.25) is 0 Å². The highest BCUT2D eigenvalue weighted by atomic mass is 14.9. The van der Waals surface area contributed by atoms with Crippen LogP contribution in [0, 0.1) is 0 Å². The molecule has 0 saturated heterocycles. The van der Waals surface area contributed by atoms with Gasteiger partial charge in [0.1, 0.15) is 0 Å². The van der Waals surface area contributed by atoms with Crippen molar-refractivity contribution in [2.45, 2.75) is 13.3 Å². The van der Waals surface area contributed by atoms with Crippen molar-refractivity contribution in [3.05, 3.63) is 72.3 Å². The zero-order chi connectivity index (χ0) is 11.9. The van der Waals surface area contributed by atoms with Crippen LogP contribution in [0.1, 0.15) is 18.9 Å². The first-order valence-corrected chi connectivity index (χ1v) is 5.98. The molecule has 2 rings (SSSR count). The molecule has 0 unspecified atom stereocenters. The van der Waals surface area contributed by atoms with E-state index in [2.05, 4.69) is 54.7 Å². The summed E-state index contributed by atoms with van der Waals surface area (Å²) in [5.41, 5.74) is 3.51. The van der Waals surface area contributed by atoms with E-state index in [1.54, 1.807) is 0 Å². The van der Waals surface area contributed by atoms with E-state index in [-0.39, 0.29) is 0 Å². The van der Waals surface area contributed by atoms with Crippen LogP contribution in [-0.2, 0) is 0 Å².